The fourth-order valence-electron chi connectivity index (χ4n) is 3.80. The van der Waals surface area contributed by atoms with Gasteiger partial charge < -0.3 is 15.4 Å². The first-order chi connectivity index (χ1) is 16.7. The number of hydrogen-bond donors (Lipinski definition) is 2. The van der Waals surface area contributed by atoms with E-state index >= 15 is 0 Å². The molecule has 0 bridgehead atoms. The first-order valence-electron chi connectivity index (χ1n) is 12.5. The molecule has 5 nitrogen and oxygen atoms in total. The average molecular weight is 460 g/mol. The Hall–Kier alpha value is -3.34. The maximum atomic E-state index is 12.3. The quantitative estimate of drug-likeness (QED) is 0.241. The summed E-state index contributed by atoms with van der Waals surface area (Å²) in [5.74, 6) is 0.832. The van der Waals surface area contributed by atoms with Crippen LogP contribution in [0.2, 0.25) is 0 Å². The summed E-state index contributed by atoms with van der Waals surface area (Å²) in [5, 5.41) is 5.74. The van der Waals surface area contributed by atoms with Crippen LogP contribution in [0.5, 0.6) is 5.75 Å². The second kappa shape index (κ2) is 14.7. The Balaban J connectivity index is 1.33. The maximum Gasteiger partial charge on any atom is 0.323 e. The molecule has 3 aromatic rings. The van der Waals surface area contributed by atoms with Crippen LogP contribution in [0.15, 0.2) is 73.1 Å². The number of ether oxygens (including phenoxy) is 1. The van der Waals surface area contributed by atoms with Gasteiger partial charge in [-0.05, 0) is 72.5 Å². The first-order valence-corrected chi connectivity index (χ1v) is 12.5. The van der Waals surface area contributed by atoms with Crippen molar-refractivity contribution in [3.05, 3.63) is 84.2 Å². The summed E-state index contributed by atoms with van der Waals surface area (Å²) in [6, 6.07) is 19.1. The van der Waals surface area contributed by atoms with E-state index in [0.29, 0.717) is 0 Å². The highest BCUT2D eigenvalue weighted by molar-refractivity contribution is 5.99. The number of pyridine rings is 1. The van der Waals surface area contributed by atoms with Gasteiger partial charge in [0.05, 0.1) is 6.61 Å². The number of unbranched alkanes of at least 4 members (excludes halogenated alkanes) is 7. The van der Waals surface area contributed by atoms with Crippen molar-refractivity contribution in [2.24, 2.45) is 0 Å². The molecule has 0 radical (unpaired) electrons. The van der Waals surface area contributed by atoms with Crippen LogP contribution >= 0.6 is 0 Å². The second-order valence-corrected chi connectivity index (χ2v) is 8.66. The Bertz CT molecular complexity index is 957. The van der Waals surface area contributed by atoms with Gasteiger partial charge in [-0.2, -0.15) is 0 Å². The smallest absolute Gasteiger partial charge is 0.323 e. The van der Waals surface area contributed by atoms with Crippen molar-refractivity contribution in [1.82, 2.24) is 4.98 Å². The van der Waals surface area contributed by atoms with E-state index in [-0.39, 0.29) is 6.03 Å². The summed E-state index contributed by atoms with van der Waals surface area (Å²) in [6.45, 7) is 2.99. The van der Waals surface area contributed by atoms with Crippen LogP contribution in [0.4, 0.5) is 16.2 Å². The van der Waals surface area contributed by atoms with Gasteiger partial charge in [0.2, 0.25) is 0 Å². The second-order valence-electron chi connectivity index (χ2n) is 8.66. The highest BCUT2D eigenvalue weighted by atomic mass is 16.5. The highest BCUT2D eigenvalue weighted by Crippen LogP contribution is 2.18. The monoisotopic (exact) mass is 459 g/mol. The summed E-state index contributed by atoms with van der Waals surface area (Å²) in [7, 11) is 0. The lowest BCUT2D eigenvalue weighted by Crippen LogP contribution is -2.19. The Labute approximate surface area is 204 Å². The number of aromatic nitrogens is 1. The van der Waals surface area contributed by atoms with Crippen LogP contribution in [0.3, 0.4) is 0 Å². The Morgan fingerprint density at radius 2 is 1.24 bits per heavy atom. The molecule has 34 heavy (non-hydrogen) atoms. The molecule has 2 amide bonds. The molecular weight excluding hydrogens is 422 g/mol. The lowest BCUT2D eigenvalue weighted by atomic mass is 10.1. The van der Waals surface area contributed by atoms with E-state index in [1.54, 1.807) is 12.4 Å². The molecule has 180 valence electrons. The van der Waals surface area contributed by atoms with Crippen LogP contribution in [0, 0.1) is 0 Å². The highest BCUT2D eigenvalue weighted by Gasteiger charge is 2.04. The van der Waals surface area contributed by atoms with Crippen molar-refractivity contribution < 1.29 is 9.53 Å². The Morgan fingerprint density at radius 1 is 0.706 bits per heavy atom. The fourth-order valence-corrected chi connectivity index (χ4v) is 3.80. The molecule has 1 aromatic heterocycles. The van der Waals surface area contributed by atoms with Crippen molar-refractivity contribution in [2.45, 2.75) is 64.7 Å². The van der Waals surface area contributed by atoms with Gasteiger partial charge in [0, 0.05) is 23.8 Å². The fraction of sp³-hybridized carbons (Fsp3) is 0.379. The molecule has 0 saturated carbocycles. The number of hydrogen-bond acceptors (Lipinski definition) is 3. The summed E-state index contributed by atoms with van der Waals surface area (Å²) >= 11 is 0. The van der Waals surface area contributed by atoms with E-state index in [1.165, 1.54) is 56.1 Å². The largest absolute Gasteiger partial charge is 0.494 e. The number of benzene rings is 2. The number of urea groups is 1. The van der Waals surface area contributed by atoms with Gasteiger partial charge in [-0.1, -0.05) is 64.0 Å². The van der Waals surface area contributed by atoms with Crippen LogP contribution in [0.25, 0.3) is 0 Å². The number of carbonyl (C=O) groups is 1. The predicted molar refractivity (Wildman–Crippen MR) is 141 cm³/mol. The van der Waals surface area contributed by atoms with E-state index in [2.05, 4.69) is 22.5 Å². The summed E-state index contributed by atoms with van der Waals surface area (Å²) in [4.78, 5) is 16.4. The number of rotatable bonds is 14. The lowest BCUT2D eigenvalue weighted by molar-refractivity contribution is 0.262. The SMILES string of the molecule is CCCCCCCCCCOc1ccc(NC(=O)Nc2ccc(Cc3ccncc3)cc2)cc1. The molecular formula is C29H37N3O2. The third-order valence-corrected chi connectivity index (χ3v) is 5.75. The van der Waals surface area contributed by atoms with Gasteiger partial charge in [-0.25, -0.2) is 4.79 Å². The minimum atomic E-state index is -0.269. The number of nitrogens with zero attached hydrogens (tertiary/aromatic N) is 1. The molecule has 0 unspecified atom stereocenters. The molecule has 5 heteroatoms. The third-order valence-electron chi connectivity index (χ3n) is 5.75. The van der Waals surface area contributed by atoms with Crippen molar-refractivity contribution in [3.63, 3.8) is 0 Å². The van der Waals surface area contributed by atoms with Gasteiger partial charge in [-0.3, -0.25) is 4.98 Å². The van der Waals surface area contributed by atoms with Gasteiger partial charge in [0.25, 0.3) is 0 Å². The molecule has 2 N–H and O–H groups in total. The predicted octanol–water partition coefficient (Wildman–Crippen LogP) is 7.84. The number of amides is 2. The van der Waals surface area contributed by atoms with Gasteiger partial charge in [-0.15, -0.1) is 0 Å². The zero-order valence-corrected chi connectivity index (χ0v) is 20.3. The average Bonchev–Trinajstić information content (AvgIpc) is 2.86. The summed E-state index contributed by atoms with van der Waals surface area (Å²) in [6.07, 6.45) is 14.7. The molecule has 0 aliphatic heterocycles. The van der Waals surface area contributed by atoms with E-state index in [0.717, 1.165) is 36.6 Å². The molecule has 0 spiro atoms. The van der Waals surface area contributed by atoms with E-state index in [1.807, 2.05) is 60.7 Å². The first kappa shape index (κ1) is 25.3. The summed E-state index contributed by atoms with van der Waals surface area (Å²) in [5.41, 5.74) is 3.87. The van der Waals surface area contributed by atoms with Crippen LogP contribution in [0.1, 0.15) is 69.4 Å². The third kappa shape index (κ3) is 9.65. The Morgan fingerprint density at radius 3 is 1.85 bits per heavy atom. The van der Waals surface area contributed by atoms with E-state index in [4.69, 9.17) is 4.74 Å². The minimum Gasteiger partial charge on any atom is -0.494 e. The molecule has 3 rings (SSSR count). The zero-order valence-electron chi connectivity index (χ0n) is 20.3. The molecule has 0 fully saturated rings. The number of carbonyl (C=O) groups excluding carboxylic acids is 1. The van der Waals surface area contributed by atoms with Crippen molar-refractivity contribution >= 4 is 17.4 Å². The molecule has 2 aromatic carbocycles. The minimum absolute atomic E-state index is 0.269. The molecule has 0 saturated heterocycles. The molecule has 0 aliphatic carbocycles. The lowest BCUT2D eigenvalue weighted by Gasteiger charge is -2.10. The number of nitrogens with one attached hydrogen (secondary N) is 2. The van der Waals surface area contributed by atoms with E-state index in [9.17, 15) is 4.79 Å². The Kier molecular flexibility index (Phi) is 11.0. The van der Waals surface area contributed by atoms with E-state index < -0.39 is 0 Å². The van der Waals surface area contributed by atoms with Gasteiger partial charge in [0.1, 0.15) is 5.75 Å². The van der Waals surface area contributed by atoms with Crippen LogP contribution in [-0.4, -0.2) is 17.6 Å². The van der Waals surface area contributed by atoms with Gasteiger partial charge >= 0.3 is 6.03 Å². The molecule has 0 aliphatic rings. The van der Waals surface area contributed by atoms with Crippen molar-refractivity contribution in [1.29, 1.82) is 0 Å². The topological polar surface area (TPSA) is 63.2 Å². The number of anilines is 2. The van der Waals surface area contributed by atoms with Crippen molar-refractivity contribution in [3.8, 4) is 5.75 Å². The van der Waals surface area contributed by atoms with Crippen molar-refractivity contribution in [2.75, 3.05) is 17.2 Å². The molecule has 1 heterocycles. The molecule has 0 atom stereocenters. The zero-order chi connectivity index (χ0) is 23.8. The van der Waals surface area contributed by atoms with Crippen LogP contribution < -0.4 is 15.4 Å². The standard InChI is InChI=1S/C29H37N3O2/c1-2-3-4-5-6-7-8-9-22-34-28-16-14-27(15-17-28)32-29(33)31-26-12-10-24(11-13-26)23-25-18-20-30-21-19-25/h10-21H,2-9,22-23H2,1H3,(H2,31,32,33). The maximum absolute atomic E-state index is 12.3. The summed E-state index contributed by atoms with van der Waals surface area (Å²) < 4.78 is 5.83. The van der Waals surface area contributed by atoms with Crippen LogP contribution in [-0.2, 0) is 6.42 Å². The van der Waals surface area contributed by atoms with Gasteiger partial charge in [0.15, 0.2) is 0 Å². The normalized spacial score (nSPS) is 10.6.